The Bertz CT molecular complexity index is 551. The van der Waals surface area contributed by atoms with Crippen LogP contribution in [0.25, 0.3) is 0 Å². The van der Waals surface area contributed by atoms with Crippen LogP contribution in [0.15, 0.2) is 11.2 Å². The summed E-state index contributed by atoms with van der Waals surface area (Å²) in [6.45, 7) is 6.49. The smallest absolute Gasteiger partial charge is 0.173 e. The van der Waals surface area contributed by atoms with Crippen LogP contribution in [0.5, 0.6) is 0 Å². The average Bonchev–Trinajstić information content (AvgIpc) is 2.52. The third kappa shape index (κ3) is 2.96. The van der Waals surface area contributed by atoms with E-state index in [1.807, 2.05) is 13.1 Å². The predicted molar refractivity (Wildman–Crippen MR) is 86.2 cm³/mol. The van der Waals surface area contributed by atoms with Gasteiger partial charge in [0.15, 0.2) is 5.84 Å². The van der Waals surface area contributed by atoms with Gasteiger partial charge in [0.1, 0.15) is 5.82 Å². The molecule has 3 N–H and O–H groups in total. The first kappa shape index (κ1) is 15.6. The summed E-state index contributed by atoms with van der Waals surface area (Å²) in [7, 11) is 2.02. The molecule has 1 aliphatic carbocycles. The van der Waals surface area contributed by atoms with Gasteiger partial charge in [0.05, 0.1) is 5.56 Å². The van der Waals surface area contributed by atoms with E-state index in [9.17, 15) is 0 Å². The number of rotatable bonds is 4. The Morgan fingerprint density at radius 3 is 2.71 bits per heavy atom. The molecule has 2 rings (SSSR count). The standard InChI is InChI=1S/C16H26N4O/c1-5-16(2,3)20(4)15-12(14(17)19-21)10-11-8-6-7-9-13(11)18-15/h10,21H,5-9H2,1-4H3,(H2,17,19). The molecule has 1 aromatic heterocycles. The van der Waals surface area contributed by atoms with Crippen LogP contribution in [0.4, 0.5) is 5.82 Å². The van der Waals surface area contributed by atoms with Crippen LogP contribution in [-0.4, -0.2) is 28.6 Å². The van der Waals surface area contributed by atoms with E-state index in [1.165, 1.54) is 18.4 Å². The van der Waals surface area contributed by atoms with Gasteiger partial charge in [-0.05, 0) is 57.6 Å². The van der Waals surface area contributed by atoms with Crippen LogP contribution < -0.4 is 10.6 Å². The maximum atomic E-state index is 9.08. The van der Waals surface area contributed by atoms with Crippen molar-refractivity contribution in [3.63, 3.8) is 0 Å². The van der Waals surface area contributed by atoms with E-state index in [0.717, 1.165) is 36.3 Å². The van der Waals surface area contributed by atoms with E-state index in [4.69, 9.17) is 15.9 Å². The molecule has 21 heavy (non-hydrogen) atoms. The normalized spacial score (nSPS) is 15.7. The summed E-state index contributed by atoms with van der Waals surface area (Å²) in [6.07, 6.45) is 5.38. The number of nitrogens with zero attached hydrogens (tertiary/aromatic N) is 3. The molecule has 0 bridgehead atoms. The van der Waals surface area contributed by atoms with Crippen molar-refractivity contribution in [1.29, 1.82) is 0 Å². The lowest BCUT2D eigenvalue weighted by atomic mass is 9.93. The highest BCUT2D eigenvalue weighted by molar-refractivity contribution is 6.01. The highest BCUT2D eigenvalue weighted by Gasteiger charge is 2.27. The van der Waals surface area contributed by atoms with Crippen LogP contribution in [-0.2, 0) is 12.8 Å². The van der Waals surface area contributed by atoms with E-state index >= 15 is 0 Å². The second-order valence-corrected chi connectivity index (χ2v) is 6.38. The second kappa shape index (κ2) is 5.92. The number of nitrogens with two attached hydrogens (primary N) is 1. The lowest BCUT2D eigenvalue weighted by Gasteiger charge is -2.37. The van der Waals surface area contributed by atoms with Crippen LogP contribution >= 0.6 is 0 Å². The Labute approximate surface area is 126 Å². The summed E-state index contributed by atoms with van der Waals surface area (Å²) in [5.74, 6) is 0.933. The fourth-order valence-electron chi connectivity index (χ4n) is 2.64. The fourth-order valence-corrected chi connectivity index (χ4v) is 2.64. The molecule has 0 amide bonds. The molecule has 5 nitrogen and oxygen atoms in total. The highest BCUT2D eigenvalue weighted by atomic mass is 16.4. The molecule has 0 saturated heterocycles. The lowest BCUT2D eigenvalue weighted by Crippen LogP contribution is -2.42. The van der Waals surface area contributed by atoms with Crippen LogP contribution in [0.3, 0.4) is 0 Å². The molecule has 0 aromatic carbocycles. The topological polar surface area (TPSA) is 74.7 Å². The van der Waals surface area contributed by atoms with E-state index in [2.05, 4.69) is 30.8 Å². The van der Waals surface area contributed by atoms with Crippen molar-refractivity contribution in [2.45, 2.75) is 58.4 Å². The van der Waals surface area contributed by atoms with Gasteiger partial charge in [-0.3, -0.25) is 0 Å². The first-order chi connectivity index (χ1) is 9.90. The van der Waals surface area contributed by atoms with Gasteiger partial charge in [-0.25, -0.2) is 4.98 Å². The van der Waals surface area contributed by atoms with Crippen LogP contribution in [0.1, 0.15) is 56.9 Å². The average molecular weight is 290 g/mol. The molecule has 1 aromatic rings. The number of hydrogen-bond donors (Lipinski definition) is 2. The molecule has 0 unspecified atom stereocenters. The first-order valence-electron chi connectivity index (χ1n) is 7.65. The van der Waals surface area contributed by atoms with Crippen molar-refractivity contribution in [3.05, 3.63) is 22.9 Å². The molecule has 5 heteroatoms. The van der Waals surface area contributed by atoms with Crippen molar-refractivity contribution in [3.8, 4) is 0 Å². The van der Waals surface area contributed by atoms with Crippen molar-refractivity contribution in [1.82, 2.24) is 4.98 Å². The third-order valence-electron chi connectivity index (χ3n) is 4.76. The number of aromatic nitrogens is 1. The van der Waals surface area contributed by atoms with E-state index in [0.29, 0.717) is 0 Å². The maximum Gasteiger partial charge on any atom is 0.173 e. The van der Waals surface area contributed by atoms with Crippen molar-refractivity contribution < 1.29 is 5.21 Å². The Hall–Kier alpha value is -1.78. The van der Waals surface area contributed by atoms with Crippen molar-refractivity contribution in [2.24, 2.45) is 10.9 Å². The number of aryl methyl sites for hydroxylation is 2. The first-order valence-corrected chi connectivity index (χ1v) is 7.65. The summed E-state index contributed by atoms with van der Waals surface area (Å²) in [4.78, 5) is 6.98. The van der Waals surface area contributed by atoms with E-state index < -0.39 is 0 Å². The molecule has 0 radical (unpaired) electrons. The SMILES string of the molecule is CCC(C)(C)N(C)c1nc2c(cc1C(N)=NO)CCCC2. The lowest BCUT2D eigenvalue weighted by molar-refractivity contribution is 0.318. The Morgan fingerprint density at radius 2 is 2.10 bits per heavy atom. The summed E-state index contributed by atoms with van der Waals surface area (Å²) in [6, 6.07) is 2.05. The zero-order valence-electron chi connectivity index (χ0n) is 13.5. The largest absolute Gasteiger partial charge is 0.409 e. The minimum absolute atomic E-state index is 0.0413. The van der Waals surface area contributed by atoms with Crippen LogP contribution in [0, 0.1) is 0 Å². The number of hydrogen-bond acceptors (Lipinski definition) is 4. The van der Waals surface area contributed by atoms with Gasteiger partial charge in [0.2, 0.25) is 0 Å². The molecule has 1 aliphatic rings. The van der Waals surface area contributed by atoms with Crippen molar-refractivity contribution >= 4 is 11.7 Å². The molecule has 116 valence electrons. The quantitative estimate of drug-likeness (QED) is 0.387. The Kier molecular flexibility index (Phi) is 4.40. The predicted octanol–water partition coefficient (Wildman–Crippen LogP) is 2.68. The van der Waals surface area contributed by atoms with Gasteiger partial charge in [-0.15, -0.1) is 0 Å². The van der Waals surface area contributed by atoms with E-state index in [1.54, 1.807) is 0 Å². The monoisotopic (exact) mass is 290 g/mol. The van der Waals surface area contributed by atoms with Gasteiger partial charge in [0, 0.05) is 18.3 Å². The van der Waals surface area contributed by atoms with Gasteiger partial charge in [0.25, 0.3) is 0 Å². The van der Waals surface area contributed by atoms with Gasteiger partial charge in [-0.1, -0.05) is 12.1 Å². The zero-order valence-corrected chi connectivity index (χ0v) is 13.5. The fraction of sp³-hybridized carbons (Fsp3) is 0.625. The number of fused-ring (bicyclic) bond motifs is 1. The summed E-state index contributed by atoms with van der Waals surface area (Å²) in [5.41, 5.74) is 8.95. The number of anilines is 1. The minimum Gasteiger partial charge on any atom is -0.409 e. The summed E-state index contributed by atoms with van der Waals surface area (Å²) < 4.78 is 0. The molecule has 0 atom stereocenters. The molecule has 0 saturated carbocycles. The maximum absolute atomic E-state index is 9.08. The molecule has 0 aliphatic heterocycles. The van der Waals surface area contributed by atoms with Gasteiger partial charge < -0.3 is 15.8 Å². The third-order valence-corrected chi connectivity index (χ3v) is 4.76. The molecule has 0 spiro atoms. The number of oxime groups is 1. The van der Waals surface area contributed by atoms with Crippen molar-refractivity contribution in [2.75, 3.05) is 11.9 Å². The zero-order chi connectivity index (χ0) is 15.6. The molecular weight excluding hydrogens is 264 g/mol. The molecular formula is C16H26N4O. The Balaban J connectivity index is 2.57. The summed E-state index contributed by atoms with van der Waals surface area (Å²) in [5, 5.41) is 12.3. The van der Waals surface area contributed by atoms with Gasteiger partial charge in [-0.2, -0.15) is 0 Å². The van der Waals surface area contributed by atoms with Gasteiger partial charge >= 0.3 is 0 Å². The second-order valence-electron chi connectivity index (χ2n) is 6.38. The van der Waals surface area contributed by atoms with Crippen LogP contribution in [0.2, 0.25) is 0 Å². The molecule has 0 fully saturated rings. The minimum atomic E-state index is -0.0413. The Morgan fingerprint density at radius 1 is 1.43 bits per heavy atom. The highest BCUT2D eigenvalue weighted by Crippen LogP contribution is 2.30. The molecule has 1 heterocycles. The van der Waals surface area contributed by atoms with E-state index in [-0.39, 0.29) is 11.4 Å². The summed E-state index contributed by atoms with van der Waals surface area (Å²) >= 11 is 0. The number of pyridine rings is 1. The number of amidine groups is 1.